The molecule has 1 unspecified atom stereocenters. The maximum atomic E-state index is 12.8. The highest BCUT2D eigenvalue weighted by Gasteiger charge is 2.04. The van der Waals surface area contributed by atoms with Crippen molar-refractivity contribution in [2.45, 2.75) is 32.4 Å². The lowest BCUT2D eigenvalue weighted by Gasteiger charge is -2.06. The van der Waals surface area contributed by atoms with Crippen LogP contribution in [0.2, 0.25) is 0 Å². The van der Waals surface area contributed by atoms with Crippen LogP contribution in [0.5, 0.6) is 5.75 Å². The maximum Gasteiger partial charge on any atom is 0.159 e. The van der Waals surface area contributed by atoms with Crippen LogP contribution in [0.25, 0.3) is 22.5 Å². The number of unbranched alkanes of at least 4 members (excludes halogenated alkanes) is 1. The van der Waals surface area contributed by atoms with Crippen LogP contribution >= 0.6 is 0 Å². The molecule has 0 aliphatic carbocycles. The van der Waals surface area contributed by atoms with E-state index in [1.165, 1.54) is 0 Å². The van der Waals surface area contributed by atoms with Gasteiger partial charge in [-0.15, -0.1) is 0 Å². The zero-order chi connectivity index (χ0) is 21.2. The van der Waals surface area contributed by atoms with Crippen LogP contribution in [0.15, 0.2) is 73.6 Å². The van der Waals surface area contributed by atoms with E-state index in [1.54, 1.807) is 13.0 Å². The number of hydrogen-bond donors (Lipinski definition) is 0. The van der Waals surface area contributed by atoms with Crippen LogP contribution in [-0.4, -0.2) is 22.7 Å². The highest BCUT2D eigenvalue weighted by Crippen LogP contribution is 2.23. The SMILES string of the molecule is C=CCOc1ccc(-c2cnc(-c3ccc(C#CCCCC(C)F)cc3)nc2)cc1. The Morgan fingerprint density at radius 3 is 2.30 bits per heavy atom. The fourth-order valence-electron chi connectivity index (χ4n) is 2.86. The number of benzene rings is 2. The Bertz CT molecular complexity index is 998. The van der Waals surface area contributed by atoms with Gasteiger partial charge >= 0.3 is 0 Å². The van der Waals surface area contributed by atoms with Gasteiger partial charge in [0.1, 0.15) is 12.4 Å². The van der Waals surface area contributed by atoms with Crippen LogP contribution in [0.4, 0.5) is 4.39 Å². The van der Waals surface area contributed by atoms with Gasteiger partial charge in [0.2, 0.25) is 0 Å². The second kappa shape index (κ2) is 10.9. The van der Waals surface area contributed by atoms with Crippen LogP contribution in [0.1, 0.15) is 31.7 Å². The van der Waals surface area contributed by atoms with Crippen molar-refractivity contribution in [1.29, 1.82) is 0 Å². The summed E-state index contributed by atoms with van der Waals surface area (Å²) in [6.45, 7) is 5.71. The van der Waals surface area contributed by atoms with E-state index >= 15 is 0 Å². The summed E-state index contributed by atoms with van der Waals surface area (Å²) in [6.07, 6.45) is 6.66. The van der Waals surface area contributed by atoms with Gasteiger partial charge in [0, 0.05) is 35.5 Å². The number of hydrogen-bond acceptors (Lipinski definition) is 3. The predicted octanol–water partition coefficient (Wildman–Crippen LogP) is 6.26. The van der Waals surface area contributed by atoms with Crippen molar-refractivity contribution in [1.82, 2.24) is 9.97 Å². The summed E-state index contributed by atoms with van der Waals surface area (Å²) in [4.78, 5) is 9.01. The topological polar surface area (TPSA) is 35.0 Å². The van der Waals surface area contributed by atoms with Crippen molar-refractivity contribution in [3.8, 4) is 40.1 Å². The third-order valence-electron chi connectivity index (χ3n) is 4.49. The summed E-state index contributed by atoms with van der Waals surface area (Å²) in [5, 5.41) is 0. The van der Waals surface area contributed by atoms with Crippen LogP contribution in [0.3, 0.4) is 0 Å². The van der Waals surface area contributed by atoms with Gasteiger partial charge < -0.3 is 4.74 Å². The molecule has 30 heavy (non-hydrogen) atoms. The quantitative estimate of drug-likeness (QED) is 0.254. The van der Waals surface area contributed by atoms with Gasteiger partial charge in [0.15, 0.2) is 5.82 Å². The number of halogens is 1. The first-order chi connectivity index (χ1) is 14.7. The summed E-state index contributed by atoms with van der Waals surface area (Å²) in [5.74, 6) is 7.68. The van der Waals surface area contributed by atoms with E-state index in [-0.39, 0.29) is 0 Å². The Labute approximate surface area is 177 Å². The Morgan fingerprint density at radius 1 is 1.00 bits per heavy atom. The second-order valence-corrected chi connectivity index (χ2v) is 6.97. The van der Waals surface area contributed by atoms with Crippen molar-refractivity contribution in [2.24, 2.45) is 0 Å². The number of nitrogens with zero attached hydrogens (tertiary/aromatic N) is 2. The summed E-state index contributed by atoms with van der Waals surface area (Å²) >= 11 is 0. The maximum absolute atomic E-state index is 12.8. The van der Waals surface area contributed by atoms with E-state index in [2.05, 4.69) is 28.4 Å². The number of aromatic nitrogens is 2. The number of alkyl halides is 1. The molecule has 0 saturated heterocycles. The molecule has 1 atom stereocenters. The molecule has 152 valence electrons. The van der Waals surface area contributed by atoms with Crippen LogP contribution in [0, 0.1) is 11.8 Å². The minimum absolute atomic E-state index is 0.486. The van der Waals surface area contributed by atoms with Gasteiger partial charge in [-0.3, -0.25) is 0 Å². The molecule has 3 nitrogen and oxygen atoms in total. The van der Waals surface area contributed by atoms with Crippen molar-refractivity contribution in [3.63, 3.8) is 0 Å². The highest BCUT2D eigenvalue weighted by molar-refractivity contribution is 5.64. The fourth-order valence-corrected chi connectivity index (χ4v) is 2.86. The minimum atomic E-state index is -0.756. The molecule has 0 saturated carbocycles. The van der Waals surface area contributed by atoms with Crippen LogP contribution < -0.4 is 4.74 Å². The Hall–Kier alpha value is -3.45. The molecule has 0 aliphatic rings. The Balaban J connectivity index is 1.62. The first kappa shape index (κ1) is 21.3. The molecule has 0 amide bonds. The van der Waals surface area contributed by atoms with Crippen LogP contribution in [-0.2, 0) is 0 Å². The first-order valence-corrected chi connectivity index (χ1v) is 10.1. The lowest BCUT2D eigenvalue weighted by molar-refractivity contribution is 0.336. The zero-order valence-electron chi connectivity index (χ0n) is 17.1. The Morgan fingerprint density at radius 2 is 1.67 bits per heavy atom. The lowest BCUT2D eigenvalue weighted by atomic mass is 10.1. The first-order valence-electron chi connectivity index (χ1n) is 10.1. The van der Waals surface area contributed by atoms with Crippen molar-refractivity contribution < 1.29 is 9.13 Å². The summed E-state index contributed by atoms with van der Waals surface area (Å²) in [7, 11) is 0. The molecule has 4 heteroatoms. The Kier molecular flexibility index (Phi) is 7.74. The van der Waals surface area contributed by atoms with E-state index in [4.69, 9.17) is 4.74 Å². The van der Waals surface area contributed by atoms with E-state index in [0.29, 0.717) is 25.3 Å². The summed E-state index contributed by atoms with van der Waals surface area (Å²) in [6, 6.07) is 15.7. The van der Waals surface area contributed by atoms with Crippen molar-refractivity contribution in [3.05, 3.63) is 79.1 Å². The molecule has 3 aromatic rings. The molecule has 0 aliphatic heterocycles. The molecular weight excluding hydrogens is 375 g/mol. The molecule has 0 N–H and O–H groups in total. The normalized spacial score (nSPS) is 11.3. The monoisotopic (exact) mass is 400 g/mol. The molecule has 1 aromatic heterocycles. The third-order valence-corrected chi connectivity index (χ3v) is 4.49. The lowest BCUT2D eigenvalue weighted by Crippen LogP contribution is -1.93. The second-order valence-electron chi connectivity index (χ2n) is 6.97. The number of ether oxygens (including phenoxy) is 1. The molecule has 0 spiro atoms. The molecule has 0 bridgehead atoms. The number of rotatable bonds is 8. The zero-order valence-corrected chi connectivity index (χ0v) is 17.1. The molecule has 2 aromatic carbocycles. The summed E-state index contributed by atoms with van der Waals surface area (Å²) < 4.78 is 18.3. The van der Waals surface area contributed by atoms with Gasteiger partial charge in [-0.25, -0.2) is 14.4 Å². The average molecular weight is 400 g/mol. The average Bonchev–Trinajstić information content (AvgIpc) is 2.78. The van der Waals surface area contributed by atoms with Crippen molar-refractivity contribution in [2.75, 3.05) is 6.61 Å². The largest absolute Gasteiger partial charge is 0.490 e. The van der Waals surface area contributed by atoms with Gasteiger partial charge in [-0.1, -0.05) is 36.6 Å². The molecule has 3 rings (SSSR count). The molecular formula is C26H25FN2O. The van der Waals surface area contributed by atoms with E-state index in [9.17, 15) is 4.39 Å². The van der Waals surface area contributed by atoms with E-state index < -0.39 is 6.17 Å². The predicted molar refractivity (Wildman–Crippen MR) is 120 cm³/mol. The van der Waals surface area contributed by atoms with Gasteiger partial charge in [0.05, 0.1) is 6.17 Å². The third kappa shape index (κ3) is 6.28. The summed E-state index contributed by atoms with van der Waals surface area (Å²) in [5.41, 5.74) is 3.84. The van der Waals surface area contributed by atoms with Crippen molar-refractivity contribution >= 4 is 0 Å². The van der Waals surface area contributed by atoms with Gasteiger partial charge in [0.25, 0.3) is 0 Å². The molecule has 0 radical (unpaired) electrons. The smallest absolute Gasteiger partial charge is 0.159 e. The highest BCUT2D eigenvalue weighted by atomic mass is 19.1. The van der Waals surface area contributed by atoms with E-state index in [1.807, 2.05) is 60.9 Å². The van der Waals surface area contributed by atoms with Gasteiger partial charge in [-0.05, 0) is 61.7 Å². The van der Waals surface area contributed by atoms with Gasteiger partial charge in [-0.2, -0.15) is 0 Å². The standard InChI is InChI=1S/C26H25FN2O/c1-3-17-30-25-15-13-22(14-16-25)24-18-28-26(29-19-24)23-11-9-21(10-12-23)8-6-4-5-7-20(2)27/h3,9-16,18-20H,1,4-5,7,17H2,2H3. The molecule has 1 heterocycles. The fraction of sp³-hybridized carbons (Fsp3) is 0.231. The minimum Gasteiger partial charge on any atom is -0.490 e. The molecule has 0 fully saturated rings. The van der Waals surface area contributed by atoms with E-state index in [0.717, 1.165) is 34.4 Å².